The fourth-order valence-corrected chi connectivity index (χ4v) is 3.77. The van der Waals surface area contributed by atoms with E-state index < -0.39 is 10.0 Å². The SMILES string of the molecule is COCCOc1ncccc1CNC(=O)c1ccc(NS(=O)(=O)c2ccccc2)cc1. The molecule has 2 aromatic carbocycles. The number of sulfonamides is 1. The maximum Gasteiger partial charge on any atom is 0.261 e. The third-order valence-corrected chi connectivity index (χ3v) is 5.67. The molecule has 0 aliphatic heterocycles. The average molecular weight is 442 g/mol. The van der Waals surface area contributed by atoms with E-state index in [1.54, 1.807) is 61.8 Å². The number of hydrogen-bond donors (Lipinski definition) is 2. The molecule has 8 nitrogen and oxygen atoms in total. The van der Waals surface area contributed by atoms with Crippen LogP contribution in [0.2, 0.25) is 0 Å². The summed E-state index contributed by atoms with van der Waals surface area (Å²) >= 11 is 0. The molecule has 1 heterocycles. The molecular weight excluding hydrogens is 418 g/mol. The molecule has 9 heteroatoms. The number of ether oxygens (including phenoxy) is 2. The van der Waals surface area contributed by atoms with Crippen molar-refractivity contribution in [1.82, 2.24) is 10.3 Å². The summed E-state index contributed by atoms with van der Waals surface area (Å²) in [6.07, 6.45) is 1.61. The van der Waals surface area contributed by atoms with E-state index in [1.165, 1.54) is 12.1 Å². The largest absolute Gasteiger partial charge is 0.475 e. The maximum absolute atomic E-state index is 12.5. The fourth-order valence-electron chi connectivity index (χ4n) is 2.69. The highest BCUT2D eigenvalue weighted by Crippen LogP contribution is 2.17. The summed E-state index contributed by atoms with van der Waals surface area (Å²) in [4.78, 5) is 16.8. The molecule has 1 aromatic heterocycles. The minimum absolute atomic E-state index is 0.164. The first-order valence-electron chi connectivity index (χ1n) is 9.51. The van der Waals surface area contributed by atoms with Crippen LogP contribution in [0, 0.1) is 0 Å². The Labute approximate surface area is 181 Å². The second kappa shape index (κ2) is 10.6. The van der Waals surface area contributed by atoms with E-state index in [0.29, 0.717) is 30.3 Å². The highest BCUT2D eigenvalue weighted by atomic mass is 32.2. The van der Waals surface area contributed by atoms with Crippen LogP contribution in [0.25, 0.3) is 0 Å². The van der Waals surface area contributed by atoms with Crippen molar-refractivity contribution < 1.29 is 22.7 Å². The quantitative estimate of drug-likeness (QED) is 0.469. The van der Waals surface area contributed by atoms with Crippen molar-refractivity contribution in [1.29, 1.82) is 0 Å². The third kappa shape index (κ3) is 6.27. The number of amides is 1. The number of aromatic nitrogens is 1. The average Bonchev–Trinajstić information content (AvgIpc) is 2.79. The first-order chi connectivity index (χ1) is 15.0. The molecule has 0 spiro atoms. The van der Waals surface area contributed by atoms with Gasteiger partial charge in [-0.3, -0.25) is 9.52 Å². The molecule has 0 fully saturated rings. The lowest BCUT2D eigenvalue weighted by Crippen LogP contribution is -2.23. The molecule has 0 saturated heterocycles. The van der Waals surface area contributed by atoms with Crippen molar-refractivity contribution in [3.05, 3.63) is 84.1 Å². The monoisotopic (exact) mass is 441 g/mol. The summed E-state index contributed by atoms with van der Waals surface area (Å²) in [6, 6.07) is 17.8. The van der Waals surface area contributed by atoms with E-state index >= 15 is 0 Å². The van der Waals surface area contributed by atoms with Crippen LogP contribution in [0.3, 0.4) is 0 Å². The van der Waals surface area contributed by atoms with Gasteiger partial charge in [0.2, 0.25) is 5.88 Å². The fraction of sp³-hybridized carbons (Fsp3) is 0.182. The standard InChI is InChI=1S/C22H23N3O5S/c1-29-14-15-30-22-18(6-5-13-23-22)16-24-21(26)17-9-11-19(12-10-17)25-31(27,28)20-7-3-2-4-8-20/h2-13,25H,14-16H2,1H3,(H,24,26). The number of benzene rings is 2. The van der Waals surface area contributed by atoms with Gasteiger partial charge in [-0.1, -0.05) is 24.3 Å². The Morgan fingerprint density at radius 2 is 1.71 bits per heavy atom. The van der Waals surface area contributed by atoms with Gasteiger partial charge in [-0.2, -0.15) is 0 Å². The predicted octanol–water partition coefficient (Wildman–Crippen LogP) is 2.84. The van der Waals surface area contributed by atoms with Gasteiger partial charge in [0.15, 0.2) is 0 Å². The van der Waals surface area contributed by atoms with Crippen LogP contribution in [0.5, 0.6) is 5.88 Å². The molecule has 0 unspecified atom stereocenters. The molecule has 0 saturated carbocycles. The van der Waals surface area contributed by atoms with Crippen molar-refractivity contribution in [3.8, 4) is 5.88 Å². The Hall–Kier alpha value is -3.43. The summed E-state index contributed by atoms with van der Waals surface area (Å²) in [5, 5.41) is 2.81. The van der Waals surface area contributed by atoms with Crippen molar-refractivity contribution in [3.63, 3.8) is 0 Å². The second-order valence-corrected chi connectivity index (χ2v) is 8.17. The normalized spacial score (nSPS) is 11.0. The van der Waals surface area contributed by atoms with Crippen LogP contribution in [0.1, 0.15) is 15.9 Å². The molecular formula is C22H23N3O5S. The van der Waals surface area contributed by atoms with Crippen molar-refractivity contribution in [2.75, 3.05) is 25.0 Å². The number of carbonyl (C=O) groups excluding carboxylic acids is 1. The molecule has 0 atom stereocenters. The summed E-state index contributed by atoms with van der Waals surface area (Å²) < 4.78 is 37.8. The smallest absolute Gasteiger partial charge is 0.261 e. The lowest BCUT2D eigenvalue weighted by Gasteiger charge is -2.11. The summed E-state index contributed by atoms with van der Waals surface area (Å²) in [5.41, 5.74) is 1.49. The van der Waals surface area contributed by atoms with Crippen LogP contribution in [-0.4, -0.2) is 39.6 Å². The zero-order valence-corrected chi connectivity index (χ0v) is 17.8. The van der Waals surface area contributed by atoms with E-state index in [-0.39, 0.29) is 17.3 Å². The van der Waals surface area contributed by atoms with Gasteiger partial charge in [0, 0.05) is 36.7 Å². The number of nitrogens with one attached hydrogen (secondary N) is 2. The molecule has 3 rings (SSSR count). The number of nitrogens with zero attached hydrogens (tertiary/aromatic N) is 1. The number of hydrogen-bond acceptors (Lipinski definition) is 6. The lowest BCUT2D eigenvalue weighted by atomic mass is 10.2. The molecule has 0 aliphatic carbocycles. The molecule has 162 valence electrons. The Morgan fingerprint density at radius 3 is 2.42 bits per heavy atom. The van der Waals surface area contributed by atoms with Crippen LogP contribution in [-0.2, 0) is 21.3 Å². The van der Waals surface area contributed by atoms with Gasteiger partial charge in [0.25, 0.3) is 15.9 Å². The molecule has 1 amide bonds. The topological polar surface area (TPSA) is 107 Å². The predicted molar refractivity (Wildman–Crippen MR) is 116 cm³/mol. The van der Waals surface area contributed by atoms with Crippen LogP contribution < -0.4 is 14.8 Å². The lowest BCUT2D eigenvalue weighted by molar-refractivity contribution is 0.0950. The van der Waals surface area contributed by atoms with Gasteiger partial charge in [-0.15, -0.1) is 0 Å². The molecule has 0 aliphatic rings. The van der Waals surface area contributed by atoms with E-state index in [4.69, 9.17) is 9.47 Å². The number of carbonyl (C=O) groups is 1. The van der Waals surface area contributed by atoms with Gasteiger partial charge < -0.3 is 14.8 Å². The van der Waals surface area contributed by atoms with Crippen molar-refractivity contribution >= 4 is 21.6 Å². The van der Waals surface area contributed by atoms with E-state index in [0.717, 1.165) is 5.56 Å². The third-order valence-electron chi connectivity index (χ3n) is 4.27. The minimum atomic E-state index is -3.69. The highest BCUT2D eigenvalue weighted by molar-refractivity contribution is 7.92. The highest BCUT2D eigenvalue weighted by Gasteiger charge is 2.14. The Bertz CT molecular complexity index is 1100. The zero-order valence-electron chi connectivity index (χ0n) is 16.9. The van der Waals surface area contributed by atoms with Crippen LogP contribution in [0.4, 0.5) is 5.69 Å². The van der Waals surface area contributed by atoms with Gasteiger partial charge >= 0.3 is 0 Å². The van der Waals surface area contributed by atoms with E-state index in [2.05, 4.69) is 15.0 Å². The van der Waals surface area contributed by atoms with Gasteiger partial charge in [-0.05, 0) is 42.5 Å². The molecule has 2 N–H and O–H groups in total. The Balaban J connectivity index is 1.60. The maximum atomic E-state index is 12.5. The van der Waals surface area contributed by atoms with Crippen molar-refractivity contribution in [2.24, 2.45) is 0 Å². The Morgan fingerprint density at radius 1 is 0.968 bits per heavy atom. The Kier molecular flexibility index (Phi) is 7.58. The van der Waals surface area contributed by atoms with Gasteiger partial charge in [-0.25, -0.2) is 13.4 Å². The summed E-state index contributed by atoms with van der Waals surface area (Å²) in [6.45, 7) is 1.02. The number of pyridine rings is 1. The molecule has 31 heavy (non-hydrogen) atoms. The number of rotatable bonds is 10. The first kappa shape index (κ1) is 22.3. The summed E-state index contributed by atoms with van der Waals surface area (Å²) in [7, 11) is -2.10. The minimum Gasteiger partial charge on any atom is -0.475 e. The number of anilines is 1. The van der Waals surface area contributed by atoms with Crippen molar-refractivity contribution in [2.45, 2.75) is 11.4 Å². The van der Waals surface area contributed by atoms with Crippen LogP contribution in [0.15, 0.2) is 77.8 Å². The summed E-state index contributed by atoms with van der Waals surface area (Å²) in [5.74, 6) is 0.134. The van der Waals surface area contributed by atoms with E-state index in [9.17, 15) is 13.2 Å². The molecule has 0 bridgehead atoms. The second-order valence-electron chi connectivity index (χ2n) is 6.49. The molecule has 3 aromatic rings. The van der Waals surface area contributed by atoms with E-state index in [1.807, 2.05) is 6.07 Å². The molecule has 0 radical (unpaired) electrons. The number of methoxy groups -OCH3 is 1. The first-order valence-corrected chi connectivity index (χ1v) is 11.0. The van der Waals surface area contributed by atoms with Gasteiger partial charge in [0.1, 0.15) is 6.61 Å². The van der Waals surface area contributed by atoms with Crippen LogP contribution >= 0.6 is 0 Å². The zero-order chi connectivity index (χ0) is 22.1. The van der Waals surface area contributed by atoms with Gasteiger partial charge in [0.05, 0.1) is 11.5 Å².